The number of aromatic hydroxyl groups is 3. The quantitative estimate of drug-likeness (QED) is 0.522. The van der Waals surface area contributed by atoms with Crippen molar-refractivity contribution < 1.29 is 20.1 Å². The molecule has 0 aromatic heterocycles. The third-order valence-electron chi connectivity index (χ3n) is 5.40. The second-order valence-corrected chi connectivity index (χ2v) is 7.59. The molecule has 2 aliphatic rings. The topological polar surface area (TPSA) is 128 Å². The van der Waals surface area contributed by atoms with Crippen LogP contribution in [-0.2, 0) is 11.2 Å². The Hall–Kier alpha value is -4.00. The van der Waals surface area contributed by atoms with Crippen molar-refractivity contribution in [2.75, 3.05) is 0 Å². The van der Waals surface area contributed by atoms with Crippen LogP contribution in [0.4, 0.5) is 0 Å². The summed E-state index contributed by atoms with van der Waals surface area (Å²) in [6.45, 7) is 0. The van der Waals surface area contributed by atoms with Gasteiger partial charge >= 0.3 is 0 Å². The molecule has 0 spiro atoms. The first-order valence-electron chi connectivity index (χ1n) is 9.95. The largest absolute Gasteiger partial charge is 0.508 e. The Balaban J connectivity index is 1.73. The zero-order valence-corrected chi connectivity index (χ0v) is 16.8. The van der Waals surface area contributed by atoms with Crippen LogP contribution in [0.25, 0.3) is 5.57 Å². The van der Waals surface area contributed by atoms with Crippen molar-refractivity contribution in [1.82, 2.24) is 5.43 Å². The summed E-state index contributed by atoms with van der Waals surface area (Å²) in [5.74, 6) is 0.0262. The van der Waals surface area contributed by atoms with Crippen molar-refractivity contribution in [2.45, 2.75) is 25.7 Å². The number of carbonyl (C=O) groups excluding carboxylic acids is 1. The van der Waals surface area contributed by atoms with Crippen molar-refractivity contribution in [2.24, 2.45) is 10.8 Å². The van der Waals surface area contributed by atoms with Gasteiger partial charge in [-0.3, -0.25) is 4.79 Å². The Bertz CT molecular complexity index is 1160. The van der Waals surface area contributed by atoms with Gasteiger partial charge in [-0.2, -0.15) is 5.10 Å². The summed E-state index contributed by atoms with van der Waals surface area (Å²) in [6, 6.07) is 11.4. The molecule has 4 rings (SSSR count). The number of phenols is 3. The van der Waals surface area contributed by atoms with E-state index in [0.29, 0.717) is 36.9 Å². The lowest BCUT2D eigenvalue weighted by Crippen LogP contribution is -2.27. The second-order valence-electron chi connectivity index (χ2n) is 7.59. The number of nitrogens with two attached hydrogens (primary N) is 1. The number of nitrogens with one attached hydrogen (secondary N) is 1. The predicted octanol–water partition coefficient (Wildman–Crippen LogP) is 3.24. The third-order valence-corrected chi connectivity index (χ3v) is 5.40. The molecule has 0 fully saturated rings. The standard InChI is InChI=1S/C24H23N3O4/c25-21-12-15(3-7-19(21)22-9-10-24(31)27-26-22)20(11-14-1-4-16(28)5-2-14)18-8-6-17(29)13-23(18)30/h1-8,13,28-30H,9-12,25H2,(H,27,31). The van der Waals surface area contributed by atoms with E-state index in [-0.39, 0.29) is 23.2 Å². The van der Waals surface area contributed by atoms with Gasteiger partial charge < -0.3 is 21.1 Å². The van der Waals surface area contributed by atoms with Gasteiger partial charge in [0.1, 0.15) is 17.2 Å². The molecule has 1 aliphatic heterocycles. The van der Waals surface area contributed by atoms with Crippen LogP contribution in [0.3, 0.4) is 0 Å². The highest BCUT2D eigenvalue weighted by molar-refractivity contribution is 6.06. The molecule has 31 heavy (non-hydrogen) atoms. The fraction of sp³-hybridized carbons (Fsp3) is 0.167. The van der Waals surface area contributed by atoms with Crippen LogP contribution in [0.5, 0.6) is 17.2 Å². The minimum Gasteiger partial charge on any atom is -0.508 e. The fourth-order valence-corrected chi connectivity index (χ4v) is 3.78. The van der Waals surface area contributed by atoms with Gasteiger partial charge in [0, 0.05) is 42.2 Å². The van der Waals surface area contributed by atoms with Gasteiger partial charge in [-0.05, 0) is 47.4 Å². The molecule has 0 saturated carbocycles. The summed E-state index contributed by atoms with van der Waals surface area (Å²) in [4.78, 5) is 11.4. The number of carbonyl (C=O) groups is 1. The second kappa shape index (κ2) is 8.39. The number of hydrogen-bond acceptors (Lipinski definition) is 6. The van der Waals surface area contributed by atoms with Gasteiger partial charge in [0.05, 0.1) is 5.71 Å². The van der Waals surface area contributed by atoms with E-state index in [2.05, 4.69) is 10.5 Å². The maximum atomic E-state index is 11.4. The van der Waals surface area contributed by atoms with Crippen molar-refractivity contribution >= 4 is 17.2 Å². The highest BCUT2D eigenvalue weighted by atomic mass is 16.3. The molecule has 2 aromatic rings. The average Bonchev–Trinajstić information content (AvgIpc) is 2.75. The minimum atomic E-state index is -0.109. The molecule has 0 radical (unpaired) electrons. The number of rotatable bonds is 4. The van der Waals surface area contributed by atoms with Crippen LogP contribution in [0.2, 0.25) is 0 Å². The lowest BCUT2D eigenvalue weighted by molar-refractivity contribution is -0.121. The monoisotopic (exact) mass is 417 g/mol. The van der Waals surface area contributed by atoms with E-state index in [4.69, 9.17) is 5.73 Å². The molecule has 1 aliphatic carbocycles. The highest BCUT2D eigenvalue weighted by Crippen LogP contribution is 2.36. The number of nitrogens with zero attached hydrogens (tertiary/aromatic N) is 1. The molecular weight excluding hydrogens is 394 g/mol. The maximum Gasteiger partial charge on any atom is 0.240 e. The van der Waals surface area contributed by atoms with Crippen molar-refractivity contribution in [3.05, 3.63) is 82.6 Å². The van der Waals surface area contributed by atoms with Gasteiger partial charge in [0.15, 0.2) is 0 Å². The molecule has 2 aromatic carbocycles. The van der Waals surface area contributed by atoms with E-state index in [1.165, 1.54) is 12.1 Å². The summed E-state index contributed by atoms with van der Waals surface area (Å²) in [5.41, 5.74) is 14.4. The van der Waals surface area contributed by atoms with E-state index >= 15 is 0 Å². The zero-order chi connectivity index (χ0) is 22.0. The first kappa shape index (κ1) is 20.3. The molecule has 7 nitrogen and oxygen atoms in total. The number of phenolic OH excluding ortho intramolecular Hbond substituents is 3. The van der Waals surface area contributed by atoms with Crippen molar-refractivity contribution in [3.8, 4) is 17.2 Å². The maximum absolute atomic E-state index is 11.4. The summed E-state index contributed by atoms with van der Waals surface area (Å²) >= 11 is 0. The first-order valence-corrected chi connectivity index (χ1v) is 9.95. The SMILES string of the molecule is NC1=C(C2=NNC(=O)CC2)C=CC(=C(Cc2ccc(O)cc2)c2ccc(O)cc2O)C1. The number of hydrogen-bond donors (Lipinski definition) is 5. The van der Waals surface area contributed by atoms with E-state index in [0.717, 1.165) is 28.0 Å². The van der Waals surface area contributed by atoms with E-state index in [9.17, 15) is 20.1 Å². The van der Waals surface area contributed by atoms with Gasteiger partial charge in [-0.25, -0.2) is 5.43 Å². The van der Waals surface area contributed by atoms with E-state index < -0.39 is 0 Å². The molecule has 1 heterocycles. The molecule has 0 saturated heterocycles. The molecule has 0 atom stereocenters. The van der Waals surface area contributed by atoms with Crippen LogP contribution in [0.1, 0.15) is 30.4 Å². The fourth-order valence-electron chi connectivity index (χ4n) is 3.78. The Morgan fingerprint density at radius 1 is 1.00 bits per heavy atom. The van der Waals surface area contributed by atoms with Gasteiger partial charge in [0.25, 0.3) is 0 Å². The summed E-state index contributed by atoms with van der Waals surface area (Å²) in [5, 5.41) is 33.9. The average molecular weight is 417 g/mol. The predicted molar refractivity (Wildman–Crippen MR) is 118 cm³/mol. The highest BCUT2D eigenvalue weighted by Gasteiger charge is 2.21. The smallest absolute Gasteiger partial charge is 0.240 e. The van der Waals surface area contributed by atoms with Crippen LogP contribution >= 0.6 is 0 Å². The molecule has 1 amide bonds. The van der Waals surface area contributed by atoms with E-state index in [1.54, 1.807) is 18.2 Å². The lowest BCUT2D eigenvalue weighted by atomic mass is 9.86. The van der Waals surface area contributed by atoms with Gasteiger partial charge in [0.2, 0.25) is 5.91 Å². The molecular formula is C24H23N3O4. The van der Waals surface area contributed by atoms with Crippen LogP contribution in [0.15, 0.2) is 76.6 Å². The molecule has 0 unspecified atom stereocenters. The number of hydrazone groups is 1. The molecule has 6 N–H and O–H groups in total. The van der Waals surface area contributed by atoms with Crippen LogP contribution in [-0.4, -0.2) is 26.9 Å². The Kier molecular flexibility index (Phi) is 5.49. The molecule has 0 bridgehead atoms. The summed E-state index contributed by atoms with van der Waals surface area (Å²) < 4.78 is 0. The number of allylic oxidation sites excluding steroid dienone is 5. The number of benzene rings is 2. The van der Waals surface area contributed by atoms with Crippen molar-refractivity contribution in [3.63, 3.8) is 0 Å². The Labute approximate surface area is 179 Å². The van der Waals surface area contributed by atoms with Gasteiger partial charge in [-0.15, -0.1) is 0 Å². The molecule has 7 heteroatoms. The zero-order valence-electron chi connectivity index (χ0n) is 16.8. The van der Waals surface area contributed by atoms with E-state index in [1.807, 2.05) is 24.3 Å². The van der Waals surface area contributed by atoms with Crippen molar-refractivity contribution in [1.29, 1.82) is 0 Å². The Morgan fingerprint density at radius 2 is 1.74 bits per heavy atom. The molecule has 158 valence electrons. The first-order chi connectivity index (χ1) is 14.9. The normalized spacial score (nSPS) is 17.9. The third kappa shape index (κ3) is 4.45. The minimum absolute atomic E-state index is 0.0199. The van der Waals surface area contributed by atoms with Crippen LogP contribution < -0.4 is 11.2 Å². The summed E-state index contributed by atoms with van der Waals surface area (Å²) in [6.07, 6.45) is 5.69. The van der Waals surface area contributed by atoms with Crippen LogP contribution in [0, 0.1) is 0 Å². The summed E-state index contributed by atoms with van der Waals surface area (Å²) in [7, 11) is 0. The number of amides is 1. The lowest BCUT2D eigenvalue weighted by Gasteiger charge is -2.22. The Morgan fingerprint density at radius 3 is 2.39 bits per heavy atom. The van der Waals surface area contributed by atoms with Gasteiger partial charge in [-0.1, -0.05) is 24.3 Å².